The Bertz CT molecular complexity index is 1310. The third kappa shape index (κ3) is 4.83. The van der Waals surface area contributed by atoms with Crippen LogP contribution in [0.2, 0.25) is 0 Å². The fourth-order valence-corrected chi connectivity index (χ4v) is 3.91. The van der Waals surface area contributed by atoms with Gasteiger partial charge in [-0.15, -0.1) is 10.2 Å². The smallest absolute Gasteiger partial charge is 0.209 e. The molecule has 0 saturated carbocycles. The molecule has 0 atom stereocenters. The van der Waals surface area contributed by atoms with Crippen LogP contribution in [0.15, 0.2) is 42.7 Å². The molecule has 0 aliphatic rings. The lowest BCUT2D eigenvalue weighted by molar-refractivity contribution is -0.119. The molecule has 0 unspecified atom stereocenters. The van der Waals surface area contributed by atoms with Gasteiger partial charge in [-0.2, -0.15) is 5.10 Å². The number of carbonyl (C=O) groups is 1. The van der Waals surface area contributed by atoms with Gasteiger partial charge < -0.3 is 16.0 Å². The first kappa shape index (κ1) is 23.2. The van der Waals surface area contributed by atoms with Crippen molar-refractivity contribution in [1.29, 1.82) is 0 Å². The summed E-state index contributed by atoms with van der Waals surface area (Å²) in [4.78, 5) is 17.3. The molecule has 0 spiro atoms. The van der Waals surface area contributed by atoms with E-state index in [1.54, 1.807) is 11.1 Å². The summed E-state index contributed by atoms with van der Waals surface area (Å²) in [7, 11) is 0. The number of anilines is 3. The number of rotatable bonds is 9. The minimum atomic E-state index is 0.165. The van der Waals surface area contributed by atoms with Crippen LogP contribution >= 0.6 is 0 Å². The Balaban J connectivity index is 1.58. The van der Waals surface area contributed by atoms with Gasteiger partial charge in [0.2, 0.25) is 6.41 Å². The van der Waals surface area contributed by atoms with Crippen LogP contribution in [0, 0.1) is 6.92 Å². The van der Waals surface area contributed by atoms with Crippen molar-refractivity contribution in [2.75, 3.05) is 17.6 Å². The molecule has 0 saturated heterocycles. The average molecular weight is 459 g/mol. The topological polar surface area (TPSA) is 115 Å². The lowest BCUT2D eigenvalue weighted by atomic mass is 10.0. The second kappa shape index (κ2) is 9.86. The first-order valence-corrected chi connectivity index (χ1v) is 11.4. The predicted octanol–water partition coefficient (Wildman–Crippen LogP) is 3.95. The van der Waals surface area contributed by atoms with Gasteiger partial charge in [-0.3, -0.25) is 14.5 Å². The summed E-state index contributed by atoms with van der Waals surface area (Å²) in [6.07, 6.45) is 5.11. The number of nitrogens with one attached hydrogen (secondary N) is 1. The number of amides is 1. The predicted molar refractivity (Wildman–Crippen MR) is 135 cm³/mol. The van der Waals surface area contributed by atoms with E-state index < -0.39 is 0 Å². The van der Waals surface area contributed by atoms with Crippen LogP contribution in [-0.4, -0.2) is 48.9 Å². The molecule has 9 nitrogen and oxygen atoms in total. The van der Waals surface area contributed by atoms with Crippen LogP contribution < -0.4 is 11.1 Å². The van der Waals surface area contributed by atoms with E-state index in [0.29, 0.717) is 23.9 Å². The zero-order valence-electron chi connectivity index (χ0n) is 20.0. The number of hydrogen-bond acceptors (Lipinski definition) is 7. The number of carbonyl (C=O) groups excluding carboxylic acids is 1. The molecular weight excluding hydrogens is 428 g/mol. The number of nitrogens with zero attached hydrogens (tertiary/aromatic N) is 6. The molecule has 3 aromatic heterocycles. The minimum Gasteiger partial charge on any atom is -0.397 e. The van der Waals surface area contributed by atoms with Crippen molar-refractivity contribution < 1.29 is 4.79 Å². The van der Waals surface area contributed by atoms with Crippen LogP contribution in [0.5, 0.6) is 0 Å². The van der Waals surface area contributed by atoms with Gasteiger partial charge in [-0.1, -0.05) is 6.07 Å². The van der Waals surface area contributed by atoms with E-state index in [0.717, 1.165) is 52.7 Å². The minimum absolute atomic E-state index is 0.165. The molecule has 4 aromatic rings. The highest BCUT2D eigenvalue weighted by atomic mass is 16.1. The number of pyridine rings is 1. The van der Waals surface area contributed by atoms with Gasteiger partial charge in [0.25, 0.3) is 0 Å². The number of fused-ring (bicyclic) bond motifs is 1. The normalized spacial score (nSPS) is 11.2. The summed E-state index contributed by atoms with van der Waals surface area (Å²) >= 11 is 0. The van der Waals surface area contributed by atoms with Gasteiger partial charge in [0, 0.05) is 54.5 Å². The van der Waals surface area contributed by atoms with Gasteiger partial charge in [-0.25, -0.2) is 0 Å². The van der Waals surface area contributed by atoms with E-state index in [4.69, 9.17) is 5.73 Å². The highest BCUT2D eigenvalue weighted by molar-refractivity contribution is 5.87. The van der Waals surface area contributed by atoms with E-state index in [9.17, 15) is 4.79 Å². The van der Waals surface area contributed by atoms with Crippen molar-refractivity contribution >= 4 is 34.6 Å². The zero-order chi connectivity index (χ0) is 24.2. The summed E-state index contributed by atoms with van der Waals surface area (Å²) in [5, 5.41) is 17.5. The zero-order valence-corrected chi connectivity index (χ0v) is 20.0. The second-order valence-corrected chi connectivity index (χ2v) is 8.55. The number of aromatic nitrogens is 5. The van der Waals surface area contributed by atoms with Gasteiger partial charge in [-0.05, 0) is 57.0 Å². The van der Waals surface area contributed by atoms with Gasteiger partial charge in [0.15, 0.2) is 11.6 Å². The lowest BCUT2D eigenvalue weighted by Gasteiger charge is -2.21. The maximum Gasteiger partial charge on any atom is 0.209 e. The Morgan fingerprint density at radius 3 is 2.71 bits per heavy atom. The van der Waals surface area contributed by atoms with E-state index in [1.165, 1.54) is 0 Å². The largest absolute Gasteiger partial charge is 0.397 e. The Morgan fingerprint density at radius 2 is 1.97 bits per heavy atom. The number of benzene rings is 1. The van der Waals surface area contributed by atoms with E-state index in [-0.39, 0.29) is 6.04 Å². The van der Waals surface area contributed by atoms with E-state index in [2.05, 4.69) is 31.7 Å². The molecule has 0 radical (unpaired) electrons. The summed E-state index contributed by atoms with van der Waals surface area (Å²) in [6.45, 7) is 9.43. The van der Waals surface area contributed by atoms with Crippen LogP contribution in [0.1, 0.15) is 32.0 Å². The standard InChI is InChI=1S/C25H30N8O/c1-5-33-20(8-9-32(15-34)16(2)3)12-25(31-33)28-24-11-19-10-18(6-7-23(19)29-30-24)21-13-27-14-22(26)17(21)4/h6-7,10-16H,5,8-9,26H2,1-4H3,(H,28,30,31). The van der Waals surface area contributed by atoms with Crippen molar-refractivity contribution in [3.63, 3.8) is 0 Å². The highest BCUT2D eigenvalue weighted by Gasteiger charge is 2.12. The van der Waals surface area contributed by atoms with Crippen molar-refractivity contribution in [3.05, 3.63) is 54.0 Å². The van der Waals surface area contributed by atoms with E-state index >= 15 is 0 Å². The molecule has 1 aromatic carbocycles. The molecule has 4 rings (SSSR count). The maximum atomic E-state index is 11.3. The maximum absolute atomic E-state index is 11.3. The van der Waals surface area contributed by atoms with Crippen LogP contribution in [-0.2, 0) is 17.8 Å². The average Bonchev–Trinajstić information content (AvgIpc) is 3.22. The molecule has 3 heterocycles. The molecule has 0 aliphatic heterocycles. The van der Waals surface area contributed by atoms with Crippen molar-refractivity contribution in [2.24, 2.45) is 0 Å². The fourth-order valence-electron chi connectivity index (χ4n) is 3.91. The summed E-state index contributed by atoms with van der Waals surface area (Å²) in [5.74, 6) is 1.30. The van der Waals surface area contributed by atoms with Gasteiger partial charge in [0.05, 0.1) is 17.4 Å². The quantitative estimate of drug-likeness (QED) is 0.365. The molecule has 1 amide bonds. The first-order valence-electron chi connectivity index (χ1n) is 11.4. The molecule has 0 bridgehead atoms. The summed E-state index contributed by atoms with van der Waals surface area (Å²) in [6, 6.07) is 10.1. The SMILES string of the molecule is CCn1nc(Nc2cc3cc(-c4cncc(N)c4C)ccc3nn2)cc1CCN(C=O)C(C)C. The highest BCUT2D eigenvalue weighted by Crippen LogP contribution is 2.29. The van der Waals surface area contributed by atoms with Crippen molar-refractivity contribution in [1.82, 2.24) is 29.9 Å². The summed E-state index contributed by atoms with van der Waals surface area (Å²) in [5.41, 5.74) is 11.6. The summed E-state index contributed by atoms with van der Waals surface area (Å²) < 4.78 is 1.94. The Morgan fingerprint density at radius 1 is 1.15 bits per heavy atom. The molecule has 9 heteroatoms. The third-order valence-electron chi connectivity index (χ3n) is 5.99. The molecule has 0 fully saturated rings. The van der Waals surface area contributed by atoms with Gasteiger partial charge in [0.1, 0.15) is 0 Å². The van der Waals surface area contributed by atoms with Crippen molar-refractivity contribution in [3.8, 4) is 11.1 Å². The number of aryl methyl sites for hydroxylation is 1. The second-order valence-electron chi connectivity index (χ2n) is 8.55. The van der Waals surface area contributed by atoms with Crippen LogP contribution in [0.25, 0.3) is 22.0 Å². The number of nitrogens with two attached hydrogens (primary N) is 1. The van der Waals surface area contributed by atoms with Gasteiger partial charge >= 0.3 is 0 Å². The molecule has 3 N–H and O–H groups in total. The number of hydrogen-bond donors (Lipinski definition) is 2. The Labute approximate surface area is 199 Å². The van der Waals surface area contributed by atoms with E-state index in [1.807, 2.05) is 62.8 Å². The third-order valence-corrected chi connectivity index (χ3v) is 5.99. The van der Waals surface area contributed by atoms with Crippen LogP contribution in [0.4, 0.5) is 17.3 Å². The molecule has 0 aliphatic carbocycles. The first-order chi connectivity index (χ1) is 16.4. The molecule has 34 heavy (non-hydrogen) atoms. The van der Waals surface area contributed by atoms with Crippen LogP contribution in [0.3, 0.4) is 0 Å². The lowest BCUT2D eigenvalue weighted by Crippen LogP contribution is -2.31. The number of nitrogen functional groups attached to an aromatic ring is 1. The fraction of sp³-hybridized carbons (Fsp3) is 0.320. The Kier molecular flexibility index (Phi) is 6.72. The monoisotopic (exact) mass is 458 g/mol. The molecular formula is C25H30N8O. The van der Waals surface area contributed by atoms with Crippen molar-refractivity contribution in [2.45, 2.75) is 46.7 Å². The molecule has 176 valence electrons. The Hall–Kier alpha value is -4.01.